The molecule has 4 heteroatoms. The molecule has 0 aromatic heterocycles. The van der Waals surface area contributed by atoms with Gasteiger partial charge in [-0.05, 0) is 92.7 Å². The Kier molecular flexibility index (Phi) is 11.6. The summed E-state index contributed by atoms with van der Waals surface area (Å²) in [6.45, 7) is 9.88. The molecule has 0 spiro atoms. The van der Waals surface area contributed by atoms with Crippen LogP contribution in [0.3, 0.4) is 0 Å². The maximum atomic E-state index is 6.01. The van der Waals surface area contributed by atoms with Gasteiger partial charge < -0.3 is 9.47 Å². The quantitative estimate of drug-likeness (QED) is 0.132. The molecule has 32 heavy (non-hydrogen) atoms. The van der Waals surface area contributed by atoms with E-state index in [4.69, 9.17) is 19.2 Å². The summed E-state index contributed by atoms with van der Waals surface area (Å²) in [6, 6.07) is 8.24. The van der Waals surface area contributed by atoms with E-state index in [9.17, 15) is 0 Å². The van der Waals surface area contributed by atoms with Crippen molar-refractivity contribution in [2.75, 3.05) is 26.4 Å². The molecule has 2 aliphatic carbocycles. The lowest BCUT2D eigenvalue weighted by Gasteiger charge is -2.27. The lowest BCUT2D eigenvalue weighted by atomic mass is 9.83. The number of allylic oxidation sites excluding steroid dienone is 1. The van der Waals surface area contributed by atoms with Crippen molar-refractivity contribution in [3.63, 3.8) is 0 Å². The SMILES string of the molecule is C=CCCCOCC1CCC(COOCc2ccc(OCC3CCC(C)CC3)cc2)CC1. The monoisotopic (exact) mass is 444 g/mol. The molecule has 2 fully saturated rings. The van der Waals surface area contributed by atoms with Gasteiger partial charge in [0, 0.05) is 13.2 Å². The van der Waals surface area contributed by atoms with Gasteiger partial charge in [-0.2, -0.15) is 0 Å². The van der Waals surface area contributed by atoms with Gasteiger partial charge in [0.2, 0.25) is 0 Å². The van der Waals surface area contributed by atoms with Gasteiger partial charge in [0.1, 0.15) is 12.4 Å². The minimum Gasteiger partial charge on any atom is -0.493 e. The van der Waals surface area contributed by atoms with Crippen molar-refractivity contribution in [2.45, 2.75) is 77.7 Å². The minimum atomic E-state index is 0.481. The van der Waals surface area contributed by atoms with E-state index >= 15 is 0 Å². The Morgan fingerprint density at radius 3 is 2.12 bits per heavy atom. The van der Waals surface area contributed by atoms with E-state index in [1.54, 1.807) is 0 Å². The molecular weight excluding hydrogens is 400 g/mol. The highest BCUT2D eigenvalue weighted by atomic mass is 17.2. The molecule has 0 amide bonds. The van der Waals surface area contributed by atoms with Crippen LogP contribution in [0.1, 0.15) is 76.7 Å². The number of rotatable bonds is 14. The van der Waals surface area contributed by atoms with Gasteiger partial charge in [-0.3, -0.25) is 0 Å². The van der Waals surface area contributed by atoms with E-state index in [0.29, 0.717) is 31.0 Å². The lowest BCUT2D eigenvalue weighted by molar-refractivity contribution is -0.311. The van der Waals surface area contributed by atoms with Crippen LogP contribution in [-0.2, 0) is 21.1 Å². The van der Waals surface area contributed by atoms with Crippen LogP contribution in [0.4, 0.5) is 0 Å². The van der Waals surface area contributed by atoms with Crippen LogP contribution in [0.25, 0.3) is 0 Å². The van der Waals surface area contributed by atoms with Gasteiger partial charge >= 0.3 is 0 Å². The highest BCUT2D eigenvalue weighted by Gasteiger charge is 2.22. The molecule has 0 N–H and O–H groups in total. The predicted molar refractivity (Wildman–Crippen MR) is 129 cm³/mol. The fraction of sp³-hybridized carbons (Fsp3) is 0.714. The Balaban J connectivity index is 1.21. The average molecular weight is 445 g/mol. The molecule has 1 aromatic carbocycles. The van der Waals surface area contributed by atoms with Crippen molar-refractivity contribution in [1.82, 2.24) is 0 Å². The fourth-order valence-corrected chi connectivity index (χ4v) is 4.79. The van der Waals surface area contributed by atoms with E-state index in [0.717, 1.165) is 49.9 Å². The third-order valence-electron chi connectivity index (χ3n) is 7.17. The van der Waals surface area contributed by atoms with E-state index in [-0.39, 0.29) is 0 Å². The fourth-order valence-electron chi connectivity index (χ4n) is 4.79. The Labute approximate surface area is 195 Å². The second-order valence-corrected chi connectivity index (χ2v) is 10.0. The Morgan fingerprint density at radius 1 is 0.812 bits per heavy atom. The molecule has 4 nitrogen and oxygen atoms in total. The Bertz CT molecular complexity index is 613. The van der Waals surface area contributed by atoms with Crippen molar-refractivity contribution in [3.05, 3.63) is 42.5 Å². The smallest absolute Gasteiger partial charge is 0.119 e. The van der Waals surface area contributed by atoms with Crippen molar-refractivity contribution < 1.29 is 19.2 Å². The number of hydrogen-bond acceptors (Lipinski definition) is 4. The van der Waals surface area contributed by atoms with Crippen LogP contribution in [0.5, 0.6) is 5.75 Å². The van der Waals surface area contributed by atoms with Crippen LogP contribution in [-0.4, -0.2) is 26.4 Å². The summed E-state index contributed by atoms with van der Waals surface area (Å²) in [4.78, 5) is 11.0. The summed E-state index contributed by atoms with van der Waals surface area (Å²) in [5.41, 5.74) is 1.11. The molecule has 0 bridgehead atoms. The Morgan fingerprint density at radius 2 is 1.44 bits per heavy atom. The van der Waals surface area contributed by atoms with Crippen molar-refractivity contribution in [1.29, 1.82) is 0 Å². The molecule has 2 aliphatic rings. The van der Waals surface area contributed by atoms with Gasteiger partial charge in [0.05, 0.1) is 13.2 Å². The van der Waals surface area contributed by atoms with Gasteiger partial charge in [0.15, 0.2) is 0 Å². The second kappa shape index (κ2) is 14.7. The largest absolute Gasteiger partial charge is 0.493 e. The van der Waals surface area contributed by atoms with Crippen molar-refractivity contribution in [3.8, 4) is 5.75 Å². The maximum absolute atomic E-state index is 6.01. The van der Waals surface area contributed by atoms with Gasteiger partial charge in [0.25, 0.3) is 0 Å². The number of unbranched alkanes of at least 4 members (excludes halogenated alkanes) is 1. The summed E-state index contributed by atoms with van der Waals surface area (Å²) in [5, 5.41) is 0. The van der Waals surface area contributed by atoms with Crippen LogP contribution in [0.15, 0.2) is 36.9 Å². The van der Waals surface area contributed by atoms with E-state index in [1.807, 2.05) is 18.2 Å². The van der Waals surface area contributed by atoms with Crippen molar-refractivity contribution >= 4 is 0 Å². The van der Waals surface area contributed by atoms with Crippen molar-refractivity contribution in [2.24, 2.45) is 23.7 Å². The normalized spacial score (nSPS) is 26.0. The molecule has 180 valence electrons. The zero-order valence-corrected chi connectivity index (χ0v) is 20.1. The standard InChI is InChI=1S/C28H44O4/c1-3-4-5-18-29-19-24-10-12-26(13-11-24)21-31-32-22-27-14-16-28(17-15-27)30-20-25-8-6-23(2)7-9-25/h3,14-17,23-26H,1,4-13,18-22H2,2H3. The van der Waals surface area contributed by atoms with Crippen LogP contribution in [0, 0.1) is 23.7 Å². The first-order chi connectivity index (χ1) is 15.7. The van der Waals surface area contributed by atoms with Gasteiger partial charge in [-0.15, -0.1) is 6.58 Å². The summed E-state index contributed by atoms with van der Waals surface area (Å²) in [5.74, 6) is 3.87. The van der Waals surface area contributed by atoms with Crippen LogP contribution in [0.2, 0.25) is 0 Å². The summed E-state index contributed by atoms with van der Waals surface area (Å²) in [7, 11) is 0. The second-order valence-electron chi connectivity index (χ2n) is 10.0. The first-order valence-electron chi connectivity index (χ1n) is 12.9. The average Bonchev–Trinajstić information content (AvgIpc) is 2.83. The molecule has 1 aromatic rings. The topological polar surface area (TPSA) is 36.9 Å². The first-order valence-corrected chi connectivity index (χ1v) is 12.9. The van der Waals surface area contributed by atoms with Gasteiger partial charge in [-0.25, -0.2) is 9.78 Å². The van der Waals surface area contributed by atoms with E-state index in [2.05, 4.69) is 25.6 Å². The zero-order chi connectivity index (χ0) is 22.4. The van der Waals surface area contributed by atoms with Crippen LogP contribution < -0.4 is 4.74 Å². The minimum absolute atomic E-state index is 0.481. The number of hydrogen-bond donors (Lipinski definition) is 0. The molecule has 0 aliphatic heterocycles. The Hall–Kier alpha value is -1.36. The molecule has 3 rings (SSSR count). The molecule has 0 saturated heterocycles. The number of ether oxygens (including phenoxy) is 2. The molecule has 0 unspecified atom stereocenters. The summed E-state index contributed by atoms with van der Waals surface area (Å²) >= 11 is 0. The highest BCUT2D eigenvalue weighted by molar-refractivity contribution is 5.26. The molecule has 0 heterocycles. The highest BCUT2D eigenvalue weighted by Crippen LogP contribution is 2.30. The third-order valence-corrected chi connectivity index (χ3v) is 7.17. The zero-order valence-electron chi connectivity index (χ0n) is 20.1. The predicted octanol–water partition coefficient (Wildman–Crippen LogP) is 7.13. The molecule has 0 atom stereocenters. The third kappa shape index (κ3) is 9.64. The maximum Gasteiger partial charge on any atom is 0.119 e. The van der Waals surface area contributed by atoms with E-state index < -0.39 is 0 Å². The van der Waals surface area contributed by atoms with E-state index in [1.165, 1.54) is 51.4 Å². The summed E-state index contributed by atoms with van der Waals surface area (Å²) < 4.78 is 11.8. The van der Waals surface area contributed by atoms with Crippen LogP contribution >= 0.6 is 0 Å². The number of benzene rings is 1. The first kappa shape index (κ1) is 25.3. The lowest BCUT2D eigenvalue weighted by Crippen LogP contribution is -2.22. The molecule has 2 saturated carbocycles. The molecule has 0 radical (unpaired) electrons. The van der Waals surface area contributed by atoms with Gasteiger partial charge in [-0.1, -0.05) is 38.0 Å². The summed E-state index contributed by atoms with van der Waals surface area (Å²) in [6.07, 6.45) is 14.2. The molecular formula is C28H44O4.